The third-order valence-corrected chi connectivity index (χ3v) is 5.26. The second-order valence-electron chi connectivity index (χ2n) is 6.11. The van der Waals surface area contributed by atoms with E-state index in [0.29, 0.717) is 16.8 Å². The fourth-order valence-corrected chi connectivity index (χ4v) is 3.70. The number of nitrogens with one attached hydrogen (secondary N) is 2. The van der Waals surface area contributed by atoms with Gasteiger partial charge in [-0.2, -0.15) is 0 Å². The summed E-state index contributed by atoms with van der Waals surface area (Å²) in [7, 11) is 0. The van der Waals surface area contributed by atoms with Crippen molar-refractivity contribution in [3.05, 3.63) is 83.3 Å². The third kappa shape index (κ3) is 6.34. The second kappa shape index (κ2) is 12.0. The van der Waals surface area contributed by atoms with Crippen LogP contribution in [0.3, 0.4) is 0 Å². The molecule has 2 heterocycles. The Morgan fingerprint density at radius 1 is 1.20 bits per heavy atom. The number of amidine groups is 1. The summed E-state index contributed by atoms with van der Waals surface area (Å²) in [6.07, 6.45) is 14.8. The van der Waals surface area contributed by atoms with Crippen LogP contribution in [0.2, 0.25) is 5.15 Å². The van der Waals surface area contributed by atoms with E-state index in [-0.39, 0.29) is 0 Å². The van der Waals surface area contributed by atoms with E-state index >= 15 is 0 Å². The molecule has 0 atom stereocenters. The number of aliphatic imine (C=N–C) groups is 1. The SMILES string of the molecule is C=CN=C(/C=C\C)Nc1cc(-c2cnc(Cl)c(NSC(/C=C\C)=C/C)c2C)ccn1. The van der Waals surface area contributed by atoms with E-state index in [1.54, 1.807) is 12.4 Å². The third-order valence-electron chi connectivity index (χ3n) is 4.06. The minimum Gasteiger partial charge on any atom is -0.325 e. The van der Waals surface area contributed by atoms with Crippen molar-refractivity contribution in [3.63, 3.8) is 0 Å². The van der Waals surface area contributed by atoms with Crippen LogP contribution in [0.1, 0.15) is 26.3 Å². The van der Waals surface area contributed by atoms with Gasteiger partial charge in [0.1, 0.15) is 11.7 Å². The molecule has 0 unspecified atom stereocenters. The maximum atomic E-state index is 6.38. The summed E-state index contributed by atoms with van der Waals surface area (Å²) in [5.74, 6) is 1.33. The fourth-order valence-electron chi connectivity index (χ4n) is 2.62. The molecule has 0 spiro atoms. The van der Waals surface area contributed by atoms with Crippen LogP contribution in [-0.2, 0) is 0 Å². The molecule has 30 heavy (non-hydrogen) atoms. The van der Waals surface area contributed by atoms with Gasteiger partial charge in [-0.25, -0.2) is 15.0 Å². The molecule has 0 aromatic carbocycles. The standard InChI is InChI=1S/C23H26ClN5S/c1-6-10-18(8-3)30-29-22-16(5)19(15-27-23(22)24)17-12-13-26-21(14-17)28-20(11-7-2)25-9-4/h6-15,29H,4H2,1-3,5H3,(H,25,26,28)/b10-6-,11-7-,18-8+. The van der Waals surface area contributed by atoms with Crippen LogP contribution in [0.5, 0.6) is 0 Å². The molecule has 5 nitrogen and oxygen atoms in total. The van der Waals surface area contributed by atoms with Crippen molar-refractivity contribution >= 4 is 40.9 Å². The summed E-state index contributed by atoms with van der Waals surface area (Å²) >= 11 is 7.88. The molecule has 0 bridgehead atoms. The van der Waals surface area contributed by atoms with Gasteiger partial charge < -0.3 is 10.0 Å². The number of hydrogen-bond acceptors (Lipinski definition) is 5. The predicted octanol–water partition coefficient (Wildman–Crippen LogP) is 7.18. The lowest BCUT2D eigenvalue weighted by atomic mass is 10.0. The number of rotatable bonds is 8. The summed E-state index contributed by atoms with van der Waals surface area (Å²) in [5.41, 5.74) is 3.73. The Balaban J connectivity index is 2.36. The van der Waals surface area contributed by atoms with E-state index in [9.17, 15) is 0 Å². The Morgan fingerprint density at radius 3 is 2.63 bits per heavy atom. The minimum absolute atomic E-state index is 0.431. The van der Waals surface area contributed by atoms with Crippen LogP contribution < -0.4 is 10.0 Å². The van der Waals surface area contributed by atoms with Gasteiger partial charge in [-0.1, -0.05) is 42.5 Å². The molecule has 0 saturated heterocycles. The quantitative estimate of drug-likeness (QED) is 0.150. The van der Waals surface area contributed by atoms with Crippen molar-refractivity contribution in [2.45, 2.75) is 27.7 Å². The zero-order chi connectivity index (χ0) is 21.9. The molecule has 0 saturated carbocycles. The van der Waals surface area contributed by atoms with Gasteiger partial charge in [0.25, 0.3) is 0 Å². The predicted molar refractivity (Wildman–Crippen MR) is 133 cm³/mol. The van der Waals surface area contributed by atoms with Gasteiger partial charge in [0, 0.05) is 29.1 Å². The van der Waals surface area contributed by atoms with Crippen molar-refractivity contribution in [1.29, 1.82) is 0 Å². The van der Waals surface area contributed by atoms with Crippen LogP contribution in [0.25, 0.3) is 11.1 Å². The van der Waals surface area contributed by atoms with Crippen LogP contribution in [-0.4, -0.2) is 15.8 Å². The number of anilines is 2. The first kappa shape index (κ1) is 23.4. The average Bonchev–Trinajstić information content (AvgIpc) is 2.73. The Morgan fingerprint density at radius 2 is 1.97 bits per heavy atom. The zero-order valence-electron chi connectivity index (χ0n) is 17.6. The molecule has 2 N–H and O–H groups in total. The lowest BCUT2D eigenvalue weighted by molar-refractivity contribution is 1.27. The number of pyridine rings is 2. The number of aromatic nitrogens is 2. The van der Waals surface area contributed by atoms with Gasteiger partial charge in [0.15, 0.2) is 5.15 Å². The average molecular weight is 440 g/mol. The molecule has 7 heteroatoms. The highest BCUT2D eigenvalue weighted by molar-refractivity contribution is 8.04. The molecule has 0 aliphatic rings. The topological polar surface area (TPSA) is 62.2 Å². The Labute approximate surface area is 187 Å². The number of nitrogens with zero attached hydrogens (tertiary/aromatic N) is 3. The first-order valence-electron chi connectivity index (χ1n) is 9.45. The number of hydrogen-bond donors (Lipinski definition) is 2. The molecular formula is C23H26ClN5S. The molecule has 156 valence electrons. The highest BCUT2D eigenvalue weighted by atomic mass is 35.5. The van der Waals surface area contributed by atoms with Gasteiger partial charge in [-0.05, 0) is 69.0 Å². The lowest BCUT2D eigenvalue weighted by Gasteiger charge is -2.15. The van der Waals surface area contributed by atoms with Gasteiger partial charge in [-0.3, -0.25) is 0 Å². The molecule has 2 aromatic heterocycles. The van der Waals surface area contributed by atoms with E-state index in [2.05, 4.69) is 31.6 Å². The van der Waals surface area contributed by atoms with Crippen molar-refractivity contribution < 1.29 is 0 Å². The minimum atomic E-state index is 0.431. The van der Waals surface area contributed by atoms with Gasteiger partial charge in [0.2, 0.25) is 0 Å². The molecule has 0 radical (unpaired) electrons. The number of allylic oxidation sites excluding steroid dienone is 4. The maximum Gasteiger partial charge on any atom is 0.153 e. The van der Waals surface area contributed by atoms with Crippen LogP contribution >= 0.6 is 23.5 Å². The van der Waals surface area contributed by atoms with Gasteiger partial charge >= 0.3 is 0 Å². The lowest BCUT2D eigenvalue weighted by Crippen LogP contribution is -2.09. The first-order valence-corrected chi connectivity index (χ1v) is 10.6. The zero-order valence-corrected chi connectivity index (χ0v) is 19.2. The smallest absolute Gasteiger partial charge is 0.153 e. The van der Waals surface area contributed by atoms with E-state index in [1.165, 1.54) is 18.1 Å². The Hall–Kier alpha value is -2.83. The molecule has 0 amide bonds. The normalized spacial score (nSPS) is 12.6. The van der Waals surface area contributed by atoms with E-state index in [4.69, 9.17) is 11.6 Å². The van der Waals surface area contributed by atoms with Crippen molar-refractivity contribution in [3.8, 4) is 11.1 Å². The molecular weight excluding hydrogens is 414 g/mol. The van der Waals surface area contributed by atoms with E-state index in [0.717, 1.165) is 27.3 Å². The summed E-state index contributed by atoms with van der Waals surface area (Å²) in [5, 5.41) is 3.63. The molecule has 0 aliphatic heterocycles. The van der Waals surface area contributed by atoms with E-state index in [1.807, 2.05) is 70.2 Å². The van der Waals surface area contributed by atoms with Gasteiger partial charge in [-0.15, -0.1) is 0 Å². The first-order chi connectivity index (χ1) is 14.5. The fraction of sp³-hybridized carbons (Fsp3) is 0.174. The maximum absolute atomic E-state index is 6.38. The van der Waals surface area contributed by atoms with Gasteiger partial charge in [0.05, 0.1) is 5.69 Å². The van der Waals surface area contributed by atoms with Crippen molar-refractivity contribution in [2.75, 3.05) is 10.0 Å². The summed E-state index contributed by atoms with van der Waals surface area (Å²) in [6, 6.07) is 3.89. The summed E-state index contributed by atoms with van der Waals surface area (Å²) in [6.45, 7) is 11.6. The van der Waals surface area contributed by atoms with Crippen molar-refractivity contribution in [2.24, 2.45) is 4.99 Å². The highest BCUT2D eigenvalue weighted by Gasteiger charge is 2.13. The molecule has 0 fully saturated rings. The van der Waals surface area contributed by atoms with Crippen molar-refractivity contribution in [1.82, 2.24) is 9.97 Å². The molecule has 0 aliphatic carbocycles. The van der Waals surface area contributed by atoms with E-state index < -0.39 is 0 Å². The second-order valence-corrected chi connectivity index (χ2v) is 7.35. The Bertz CT molecular complexity index is 1010. The molecule has 2 aromatic rings. The number of halogens is 1. The Kier molecular flexibility index (Phi) is 9.38. The van der Waals surface area contributed by atoms with Crippen LogP contribution in [0.15, 0.2) is 77.6 Å². The monoisotopic (exact) mass is 439 g/mol. The molecule has 2 rings (SSSR count). The van der Waals surface area contributed by atoms with Crippen LogP contribution in [0.4, 0.5) is 11.5 Å². The van der Waals surface area contributed by atoms with Crippen LogP contribution in [0, 0.1) is 6.92 Å². The highest BCUT2D eigenvalue weighted by Crippen LogP contribution is 2.35. The largest absolute Gasteiger partial charge is 0.325 e. The summed E-state index contributed by atoms with van der Waals surface area (Å²) < 4.78 is 3.34. The summed E-state index contributed by atoms with van der Waals surface area (Å²) in [4.78, 5) is 14.1.